The summed E-state index contributed by atoms with van der Waals surface area (Å²) in [5, 5.41) is 11.6. The Bertz CT molecular complexity index is 750. The van der Waals surface area contributed by atoms with Crippen LogP contribution in [0, 0.1) is 0 Å². The Morgan fingerprint density at radius 1 is 0.957 bits per heavy atom. The standard InChI is InChI=1S/C17H16N4O2/c1-22-16-6-4-15(5-7-16)11-23-17-8-2-14(3-9-17)10-20-21-12-18-19-13-21/h2-10,12-13H,11H2,1H3/b20-10-. The Labute approximate surface area is 134 Å². The number of rotatable bonds is 6. The summed E-state index contributed by atoms with van der Waals surface area (Å²) in [6, 6.07) is 15.5. The van der Waals surface area contributed by atoms with Crippen molar-refractivity contribution < 1.29 is 9.47 Å². The Morgan fingerprint density at radius 2 is 1.61 bits per heavy atom. The van der Waals surface area contributed by atoms with E-state index in [-0.39, 0.29) is 0 Å². The van der Waals surface area contributed by atoms with Crippen molar-refractivity contribution in [3.05, 3.63) is 72.3 Å². The van der Waals surface area contributed by atoms with Crippen molar-refractivity contribution in [1.29, 1.82) is 0 Å². The third kappa shape index (κ3) is 4.16. The van der Waals surface area contributed by atoms with E-state index in [1.807, 2.05) is 48.5 Å². The van der Waals surface area contributed by atoms with E-state index in [4.69, 9.17) is 9.47 Å². The van der Waals surface area contributed by atoms with Gasteiger partial charge in [-0.1, -0.05) is 12.1 Å². The second-order valence-corrected chi connectivity index (χ2v) is 4.79. The van der Waals surface area contributed by atoms with E-state index >= 15 is 0 Å². The van der Waals surface area contributed by atoms with E-state index in [1.165, 1.54) is 17.3 Å². The molecule has 2 aromatic carbocycles. The van der Waals surface area contributed by atoms with Gasteiger partial charge in [-0.25, -0.2) is 4.68 Å². The molecule has 0 aliphatic rings. The summed E-state index contributed by atoms with van der Waals surface area (Å²) in [6.45, 7) is 0.512. The van der Waals surface area contributed by atoms with E-state index in [1.54, 1.807) is 13.3 Å². The van der Waals surface area contributed by atoms with Gasteiger partial charge in [-0.05, 0) is 47.5 Å². The second-order valence-electron chi connectivity index (χ2n) is 4.79. The van der Waals surface area contributed by atoms with Gasteiger partial charge in [0.1, 0.15) is 30.8 Å². The molecule has 1 heterocycles. The number of ether oxygens (including phenoxy) is 2. The first-order valence-electron chi connectivity index (χ1n) is 7.08. The van der Waals surface area contributed by atoms with Gasteiger partial charge < -0.3 is 9.47 Å². The van der Waals surface area contributed by atoms with Gasteiger partial charge in [0.05, 0.1) is 13.3 Å². The summed E-state index contributed by atoms with van der Waals surface area (Å²) >= 11 is 0. The molecule has 0 saturated heterocycles. The molecule has 3 aromatic rings. The lowest BCUT2D eigenvalue weighted by Crippen LogP contribution is -1.96. The summed E-state index contributed by atoms with van der Waals surface area (Å²) in [5.74, 6) is 1.65. The highest BCUT2D eigenvalue weighted by Gasteiger charge is 1.98. The number of methoxy groups -OCH3 is 1. The average molecular weight is 308 g/mol. The third-order valence-corrected chi connectivity index (χ3v) is 3.19. The molecule has 0 aliphatic heterocycles. The lowest BCUT2D eigenvalue weighted by molar-refractivity contribution is 0.306. The Kier molecular flexibility index (Phi) is 4.63. The van der Waals surface area contributed by atoms with Gasteiger partial charge in [-0.3, -0.25) is 0 Å². The van der Waals surface area contributed by atoms with Crippen LogP contribution in [0.4, 0.5) is 0 Å². The fourth-order valence-corrected chi connectivity index (χ4v) is 1.93. The first-order valence-corrected chi connectivity index (χ1v) is 7.08. The maximum Gasteiger partial charge on any atom is 0.141 e. The van der Waals surface area contributed by atoms with Crippen molar-refractivity contribution >= 4 is 6.21 Å². The number of hydrogen-bond acceptors (Lipinski definition) is 5. The molecule has 0 aliphatic carbocycles. The van der Waals surface area contributed by atoms with Crippen LogP contribution in [0.1, 0.15) is 11.1 Å². The van der Waals surface area contributed by atoms with Crippen LogP contribution in [0.3, 0.4) is 0 Å². The van der Waals surface area contributed by atoms with Crippen LogP contribution in [-0.2, 0) is 6.61 Å². The number of hydrogen-bond donors (Lipinski definition) is 0. The van der Waals surface area contributed by atoms with Crippen molar-refractivity contribution in [1.82, 2.24) is 14.9 Å². The summed E-state index contributed by atoms with van der Waals surface area (Å²) in [4.78, 5) is 0. The molecule has 0 spiro atoms. The lowest BCUT2D eigenvalue weighted by atomic mass is 10.2. The summed E-state index contributed by atoms with van der Waals surface area (Å²) in [6.07, 6.45) is 4.79. The quantitative estimate of drug-likeness (QED) is 0.657. The van der Waals surface area contributed by atoms with E-state index in [9.17, 15) is 0 Å². The zero-order valence-electron chi connectivity index (χ0n) is 12.7. The van der Waals surface area contributed by atoms with Crippen molar-refractivity contribution in [2.45, 2.75) is 6.61 Å². The highest BCUT2D eigenvalue weighted by atomic mass is 16.5. The van der Waals surface area contributed by atoms with Gasteiger partial charge in [0.15, 0.2) is 0 Å². The summed E-state index contributed by atoms with van der Waals surface area (Å²) in [7, 11) is 1.65. The van der Waals surface area contributed by atoms with Crippen LogP contribution in [-0.4, -0.2) is 28.2 Å². The number of aromatic nitrogens is 3. The van der Waals surface area contributed by atoms with E-state index in [0.717, 1.165) is 22.6 Å². The van der Waals surface area contributed by atoms with Gasteiger partial charge >= 0.3 is 0 Å². The molecule has 0 unspecified atom stereocenters. The highest BCUT2D eigenvalue weighted by Crippen LogP contribution is 2.16. The van der Waals surface area contributed by atoms with Crippen LogP contribution in [0.5, 0.6) is 11.5 Å². The SMILES string of the molecule is COc1ccc(COc2ccc(/C=N\n3cnnc3)cc2)cc1. The summed E-state index contributed by atoms with van der Waals surface area (Å²) < 4.78 is 12.4. The van der Waals surface area contributed by atoms with Gasteiger partial charge in [0.25, 0.3) is 0 Å². The van der Waals surface area contributed by atoms with Gasteiger partial charge in [0, 0.05) is 0 Å². The molecule has 1 aromatic heterocycles. The van der Waals surface area contributed by atoms with Crippen molar-refractivity contribution in [3.8, 4) is 11.5 Å². The molecule has 0 radical (unpaired) electrons. The van der Waals surface area contributed by atoms with Crippen molar-refractivity contribution in [2.75, 3.05) is 7.11 Å². The molecule has 6 nitrogen and oxygen atoms in total. The van der Waals surface area contributed by atoms with E-state index in [2.05, 4.69) is 15.3 Å². The zero-order valence-corrected chi connectivity index (χ0v) is 12.7. The number of benzene rings is 2. The minimum atomic E-state index is 0.512. The van der Waals surface area contributed by atoms with Crippen LogP contribution in [0.15, 0.2) is 66.3 Å². The molecule has 0 bridgehead atoms. The maximum atomic E-state index is 5.76. The van der Waals surface area contributed by atoms with Crippen molar-refractivity contribution in [3.63, 3.8) is 0 Å². The number of nitrogens with zero attached hydrogens (tertiary/aromatic N) is 4. The molecule has 0 amide bonds. The topological polar surface area (TPSA) is 61.5 Å². The molecular formula is C17H16N4O2. The smallest absolute Gasteiger partial charge is 0.141 e. The zero-order chi connectivity index (χ0) is 15.9. The van der Waals surface area contributed by atoms with Crippen molar-refractivity contribution in [2.24, 2.45) is 5.10 Å². The summed E-state index contributed by atoms with van der Waals surface area (Å²) in [5.41, 5.74) is 2.06. The molecule has 0 saturated carbocycles. The minimum absolute atomic E-state index is 0.512. The monoisotopic (exact) mass is 308 g/mol. The Morgan fingerprint density at radius 3 is 2.26 bits per heavy atom. The minimum Gasteiger partial charge on any atom is -0.497 e. The molecule has 23 heavy (non-hydrogen) atoms. The first-order chi connectivity index (χ1) is 11.3. The largest absolute Gasteiger partial charge is 0.497 e. The van der Waals surface area contributed by atoms with Crippen LogP contribution >= 0.6 is 0 Å². The predicted molar refractivity (Wildman–Crippen MR) is 86.8 cm³/mol. The van der Waals surface area contributed by atoms with Crippen LogP contribution < -0.4 is 9.47 Å². The average Bonchev–Trinajstić information content (AvgIpc) is 3.13. The Balaban J connectivity index is 1.56. The molecule has 6 heteroatoms. The Hall–Kier alpha value is -3.15. The maximum absolute atomic E-state index is 5.76. The fraction of sp³-hybridized carbons (Fsp3) is 0.118. The van der Waals surface area contributed by atoms with Crippen LogP contribution in [0.2, 0.25) is 0 Å². The lowest BCUT2D eigenvalue weighted by Gasteiger charge is -2.07. The van der Waals surface area contributed by atoms with E-state index < -0.39 is 0 Å². The normalized spacial score (nSPS) is 10.8. The van der Waals surface area contributed by atoms with E-state index in [0.29, 0.717) is 6.61 Å². The molecular weight excluding hydrogens is 292 g/mol. The molecule has 3 rings (SSSR count). The fourth-order valence-electron chi connectivity index (χ4n) is 1.93. The van der Waals surface area contributed by atoms with Gasteiger partial charge in [0.2, 0.25) is 0 Å². The van der Waals surface area contributed by atoms with Gasteiger partial charge in [-0.15, -0.1) is 10.2 Å². The third-order valence-electron chi connectivity index (χ3n) is 3.19. The van der Waals surface area contributed by atoms with Gasteiger partial charge in [-0.2, -0.15) is 5.10 Å². The molecule has 0 atom stereocenters. The second kappa shape index (κ2) is 7.22. The highest BCUT2D eigenvalue weighted by molar-refractivity contribution is 5.79. The predicted octanol–water partition coefficient (Wildman–Crippen LogP) is 2.75. The molecule has 0 N–H and O–H groups in total. The molecule has 116 valence electrons. The first kappa shape index (κ1) is 14.8. The molecule has 0 fully saturated rings. The van der Waals surface area contributed by atoms with Crippen LogP contribution in [0.25, 0.3) is 0 Å².